The van der Waals surface area contributed by atoms with Gasteiger partial charge < -0.3 is 10.2 Å². The van der Waals surface area contributed by atoms with E-state index in [0.29, 0.717) is 13.0 Å². The van der Waals surface area contributed by atoms with Crippen LogP contribution in [0.25, 0.3) is 0 Å². The third-order valence-electron chi connectivity index (χ3n) is 3.56. The summed E-state index contributed by atoms with van der Waals surface area (Å²) in [6.45, 7) is 4.94. The Balaban J connectivity index is 3.35. The van der Waals surface area contributed by atoms with Crippen molar-refractivity contribution in [3.8, 4) is 0 Å². The largest absolute Gasteiger partial charge is 0.431 e. The van der Waals surface area contributed by atoms with Gasteiger partial charge in [0.05, 0.1) is 0 Å². The second kappa shape index (κ2) is 16.1. The van der Waals surface area contributed by atoms with Crippen LogP contribution in [-0.4, -0.2) is 18.5 Å². The van der Waals surface area contributed by atoms with Gasteiger partial charge in [-0.2, -0.15) is 5.48 Å². The van der Waals surface area contributed by atoms with E-state index in [-0.39, 0.29) is 5.91 Å². The normalized spacial score (nSPS) is 10.3. The molecule has 0 spiro atoms. The topological polar surface area (TPSA) is 67.4 Å². The van der Waals surface area contributed by atoms with Crippen molar-refractivity contribution in [2.75, 3.05) is 6.54 Å². The zero-order chi connectivity index (χ0) is 16.5. The highest BCUT2D eigenvalue weighted by Crippen LogP contribution is 2.05. The Hall–Kier alpha value is -1.26. The number of hydrogen-bond acceptors (Lipinski definition) is 3. The minimum absolute atomic E-state index is 0.230. The average molecular weight is 314 g/mol. The molecule has 0 heterocycles. The number of carbonyl (C=O) groups excluding carboxylic acids is 2. The highest BCUT2D eigenvalue weighted by atomic mass is 16.7. The van der Waals surface area contributed by atoms with E-state index in [9.17, 15) is 9.59 Å². The molecule has 130 valence electrons. The van der Waals surface area contributed by atoms with Gasteiger partial charge in [-0.25, -0.2) is 4.79 Å². The Kier molecular flexibility index (Phi) is 15.2. The molecule has 0 bridgehead atoms. The summed E-state index contributed by atoms with van der Waals surface area (Å²) in [5.74, 6) is -0.230. The third-order valence-corrected chi connectivity index (χ3v) is 3.56. The Morgan fingerprint density at radius 1 is 0.773 bits per heavy atom. The van der Waals surface area contributed by atoms with E-state index in [1.54, 1.807) is 0 Å². The molecular weight excluding hydrogens is 280 g/mol. The van der Waals surface area contributed by atoms with Gasteiger partial charge in [0.2, 0.25) is 0 Å². The zero-order valence-electron chi connectivity index (χ0n) is 14.4. The van der Waals surface area contributed by atoms with Crippen molar-refractivity contribution in [2.45, 2.75) is 90.9 Å². The lowest BCUT2D eigenvalue weighted by Gasteiger charge is -2.07. The summed E-state index contributed by atoms with van der Waals surface area (Å²) in [7, 11) is 0. The first kappa shape index (κ1) is 20.7. The van der Waals surface area contributed by atoms with E-state index in [0.717, 1.165) is 32.1 Å². The summed E-state index contributed by atoms with van der Waals surface area (Å²) < 4.78 is 0. The Morgan fingerprint density at radius 3 is 1.95 bits per heavy atom. The Labute approximate surface area is 135 Å². The van der Waals surface area contributed by atoms with E-state index in [2.05, 4.69) is 29.5 Å². The molecule has 0 aromatic rings. The smallest absolute Gasteiger partial charge is 0.322 e. The van der Waals surface area contributed by atoms with Crippen LogP contribution in [0.3, 0.4) is 0 Å². The highest BCUT2D eigenvalue weighted by Gasteiger charge is 2.05. The molecule has 0 aromatic carbocycles. The number of nitrogens with one attached hydrogen (secondary N) is 2. The minimum Gasteiger partial charge on any atom is -0.322 e. The van der Waals surface area contributed by atoms with Gasteiger partial charge in [0.25, 0.3) is 5.91 Å². The van der Waals surface area contributed by atoms with Crippen molar-refractivity contribution in [1.82, 2.24) is 10.8 Å². The van der Waals surface area contributed by atoms with Gasteiger partial charge in [0, 0.05) is 13.0 Å². The van der Waals surface area contributed by atoms with Gasteiger partial charge >= 0.3 is 6.09 Å². The van der Waals surface area contributed by atoms with Crippen LogP contribution in [0.2, 0.25) is 0 Å². The maximum Gasteiger partial charge on any atom is 0.431 e. The first-order valence-corrected chi connectivity index (χ1v) is 8.94. The van der Waals surface area contributed by atoms with Crippen LogP contribution in [0.15, 0.2) is 0 Å². The molecule has 2 N–H and O–H groups in total. The number of amides is 2. The molecule has 0 fully saturated rings. The van der Waals surface area contributed by atoms with Gasteiger partial charge in [-0.05, 0) is 12.8 Å². The molecule has 0 saturated heterocycles. The summed E-state index contributed by atoms with van der Waals surface area (Å²) in [4.78, 5) is 27.5. The summed E-state index contributed by atoms with van der Waals surface area (Å²) in [6, 6.07) is 0. The van der Waals surface area contributed by atoms with Gasteiger partial charge in [0.15, 0.2) is 0 Å². The van der Waals surface area contributed by atoms with Crippen LogP contribution in [0.4, 0.5) is 4.79 Å². The number of rotatable bonds is 13. The zero-order valence-corrected chi connectivity index (χ0v) is 14.4. The molecule has 22 heavy (non-hydrogen) atoms. The fourth-order valence-corrected chi connectivity index (χ4v) is 2.18. The summed E-state index contributed by atoms with van der Waals surface area (Å²) in [5, 5.41) is 2.64. The molecule has 0 atom stereocenters. The first-order valence-electron chi connectivity index (χ1n) is 8.94. The van der Waals surface area contributed by atoms with Crippen LogP contribution < -0.4 is 10.8 Å². The average Bonchev–Trinajstić information content (AvgIpc) is 2.52. The van der Waals surface area contributed by atoms with Crippen molar-refractivity contribution in [3.63, 3.8) is 0 Å². The lowest BCUT2D eigenvalue weighted by Crippen LogP contribution is -2.34. The van der Waals surface area contributed by atoms with Crippen LogP contribution >= 0.6 is 0 Å². The summed E-state index contributed by atoms with van der Waals surface area (Å²) in [5.41, 5.74) is 2.19. The molecule has 5 nitrogen and oxygen atoms in total. The molecular formula is C17H34N2O3. The molecule has 5 heteroatoms. The standard InChI is InChI=1S/C17H34N2O3/c1-3-5-7-9-11-13-15-18-17(21)22-19-16(20)14-12-10-8-6-4-2/h3-15H2,1-2H3,(H,18,21)(H,19,20). The number of carbonyl (C=O) groups is 2. The van der Waals surface area contributed by atoms with E-state index >= 15 is 0 Å². The van der Waals surface area contributed by atoms with Gasteiger partial charge in [-0.15, -0.1) is 0 Å². The summed E-state index contributed by atoms with van der Waals surface area (Å²) >= 11 is 0. The SMILES string of the molecule is CCCCCCCCNC(=O)ONC(=O)CCCCCCC. The van der Waals surface area contributed by atoms with Gasteiger partial charge in [-0.1, -0.05) is 71.6 Å². The molecule has 0 saturated carbocycles. The molecule has 0 aromatic heterocycles. The third kappa shape index (κ3) is 15.1. The van der Waals surface area contributed by atoms with Crippen molar-refractivity contribution in [2.24, 2.45) is 0 Å². The minimum atomic E-state index is -0.576. The van der Waals surface area contributed by atoms with Crippen molar-refractivity contribution in [3.05, 3.63) is 0 Å². The predicted molar refractivity (Wildman–Crippen MR) is 89.4 cm³/mol. The Morgan fingerprint density at radius 2 is 1.32 bits per heavy atom. The van der Waals surface area contributed by atoms with E-state index in [1.165, 1.54) is 38.5 Å². The Bertz CT molecular complexity index is 283. The first-order chi connectivity index (χ1) is 10.7. The van der Waals surface area contributed by atoms with Gasteiger partial charge in [-0.3, -0.25) is 4.79 Å². The van der Waals surface area contributed by atoms with Crippen LogP contribution in [0, 0.1) is 0 Å². The van der Waals surface area contributed by atoms with E-state index < -0.39 is 6.09 Å². The van der Waals surface area contributed by atoms with Crippen LogP contribution in [0.5, 0.6) is 0 Å². The molecule has 0 radical (unpaired) electrons. The molecule has 0 aliphatic carbocycles. The second-order valence-electron chi connectivity index (χ2n) is 5.77. The van der Waals surface area contributed by atoms with E-state index in [1.807, 2.05) is 0 Å². The fraction of sp³-hybridized carbons (Fsp3) is 0.882. The predicted octanol–water partition coefficient (Wildman–Crippen LogP) is 4.46. The lowest BCUT2D eigenvalue weighted by molar-refractivity contribution is -0.129. The van der Waals surface area contributed by atoms with Crippen molar-refractivity contribution in [1.29, 1.82) is 0 Å². The number of hydrogen-bond donors (Lipinski definition) is 2. The van der Waals surface area contributed by atoms with Crippen LogP contribution in [0.1, 0.15) is 90.9 Å². The maximum absolute atomic E-state index is 11.4. The van der Waals surface area contributed by atoms with Crippen molar-refractivity contribution >= 4 is 12.0 Å². The van der Waals surface area contributed by atoms with Gasteiger partial charge in [0.1, 0.15) is 0 Å². The molecule has 2 amide bonds. The number of hydroxylamine groups is 1. The van der Waals surface area contributed by atoms with E-state index in [4.69, 9.17) is 0 Å². The monoisotopic (exact) mass is 314 g/mol. The highest BCUT2D eigenvalue weighted by molar-refractivity contribution is 5.77. The fourth-order valence-electron chi connectivity index (χ4n) is 2.18. The molecule has 0 aliphatic rings. The number of unbranched alkanes of at least 4 members (excludes halogenated alkanes) is 9. The second-order valence-corrected chi connectivity index (χ2v) is 5.77. The molecule has 0 aliphatic heterocycles. The molecule has 0 unspecified atom stereocenters. The van der Waals surface area contributed by atoms with Crippen molar-refractivity contribution < 1.29 is 14.4 Å². The summed E-state index contributed by atoms with van der Waals surface area (Å²) in [6.07, 6.45) is 12.3. The molecule has 0 rings (SSSR count). The quantitative estimate of drug-likeness (QED) is 0.389. The lowest BCUT2D eigenvalue weighted by atomic mass is 10.1. The maximum atomic E-state index is 11.4. The van der Waals surface area contributed by atoms with Crippen LogP contribution in [-0.2, 0) is 9.63 Å².